The Kier molecular flexibility index (Phi) is 11.9. The first-order chi connectivity index (χ1) is 5.69. The summed E-state index contributed by atoms with van der Waals surface area (Å²) in [4.78, 5) is 0. The fourth-order valence-corrected chi connectivity index (χ4v) is 1.23. The second-order valence-corrected chi connectivity index (χ2v) is 3.02. The van der Waals surface area contributed by atoms with Crippen molar-refractivity contribution in [2.75, 3.05) is 0 Å². The summed E-state index contributed by atoms with van der Waals surface area (Å²) >= 11 is 0. The number of hydrogen-bond acceptors (Lipinski definition) is 2. The average Bonchev–Trinajstić information content (AvgIpc) is 2.09. The van der Waals surface area contributed by atoms with Gasteiger partial charge in [0.25, 0.3) is 0 Å². The molecule has 0 saturated carbocycles. The molecule has 0 aliphatic rings. The van der Waals surface area contributed by atoms with Crippen molar-refractivity contribution in [2.45, 2.75) is 27.1 Å². The standard InChI is InChI=1S/C10H14O2.2Ac/c1-7-3-9(5-11)10(6-12)4-8(7)2;;/h3-4,11-12H,5-6H2,1-2H3;;. The van der Waals surface area contributed by atoms with E-state index in [0.717, 1.165) is 22.3 Å². The number of aliphatic hydroxyl groups is 2. The van der Waals surface area contributed by atoms with E-state index in [9.17, 15) is 0 Å². The van der Waals surface area contributed by atoms with Gasteiger partial charge in [-0.3, -0.25) is 0 Å². The molecule has 1 rings (SSSR count). The summed E-state index contributed by atoms with van der Waals surface area (Å²) in [6.07, 6.45) is 0. The molecule has 0 aliphatic carbocycles. The van der Waals surface area contributed by atoms with Crippen molar-refractivity contribution in [2.24, 2.45) is 0 Å². The smallest absolute Gasteiger partial charge is 0.0685 e. The van der Waals surface area contributed by atoms with Crippen molar-refractivity contribution in [1.29, 1.82) is 0 Å². The van der Waals surface area contributed by atoms with E-state index >= 15 is 0 Å². The first-order valence-corrected chi connectivity index (χ1v) is 3.99. The van der Waals surface area contributed by atoms with E-state index in [4.69, 9.17) is 10.2 Å². The van der Waals surface area contributed by atoms with Crippen molar-refractivity contribution in [3.8, 4) is 0 Å². The number of hydrogen-bond donors (Lipinski definition) is 2. The van der Waals surface area contributed by atoms with E-state index in [1.54, 1.807) is 0 Å². The molecule has 2 N–H and O–H groups in total. The maximum Gasteiger partial charge on any atom is 0.0685 e. The molecule has 1 aromatic rings. The van der Waals surface area contributed by atoms with E-state index in [0.29, 0.717) is 0 Å². The van der Waals surface area contributed by atoms with Crippen LogP contribution < -0.4 is 0 Å². The summed E-state index contributed by atoms with van der Waals surface area (Å²) in [6.45, 7) is 3.99. The van der Waals surface area contributed by atoms with Gasteiger partial charge in [-0.05, 0) is 36.1 Å². The van der Waals surface area contributed by atoms with Crippen LogP contribution in [-0.2, 0) is 13.2 Å². The molecular formula is C10H14Ac2O2. The predicted octanol–water partition coefficient (Wildman–Crippen LogP) is 1.29. The molecule has 0 fully saturated rings. The third-order valence-electron chi connectivity index (χ3n) is 2.16. The van der Waals surface area contributed by atoms with Crippen LogP contribution >= 0.6 is 0 Å². The number of aryl methyl sites for hydroxylation is 2. The Balaban J connectivity index is 0. The summed E-state index contributed by atoms with van der Waals surface area (Å²) in [5, 5.41) is 17.9. The van der Waals surface area contributed by atoms with E-state index in [2.05, 4.69) is 0 Å². The van der Waals surface area contributed by atoms with Gasteiger partial charge in [0.2, 0.25) is 0 Å². The Morgan fingerprint density at radius 1 is 0.857 bits per heavy atom. The Morgan fingerprint density at radius 3 is 1.36 bits per heavy atom. The van der Waals surface area contributed by atoms with E-state index in [1.165, 1.54) is 0 Å². The molecular weight excluding hydrogens is 606 g/mol. The van der Waals surface area contributed by atoms with Gasteiger partial charge in [0.15, 0.2) is 0 Å². The maximum atomic E-state index is 8.95. The van der Waals surface area contributed by atoms with Gasteiger partial charge < -0.3 is 10.2 Å². The second kappa shape index (κ2) is 9.09. The van der Waals surface area contributed by atoms with E-state index in [-0.39, 0.29) is 101 Å². The monoisotopic (exact) mass is 620 g/mol. The van der Waals surface area contributed by atoms with Crippen molar-refractivity contribution in [3.63, 3.8) is 0 Å². The maximum absolute atomic E-state index is 8.95. The Labute approximate surface area is 157 Å². The van der Waals surface area contributed by atoms with Gasteiger partial charge in [0.05, 0.1) is 13.2 Å². The molecule has 0 atom stereocenters. The number of rotatable bonds is 2. The summed E-state index contributed by atoms with van der Waals surface area (Å²) in [5.41, 5.74) is 3.94. The Morgan fingerprint density at radius 2 is 1.14 bits per heavy atom. The minimum atomic E-state index is -0.00296. The summed E-state index contributed by atoms with van der Waals surface area (Å²) < 4.78 is 0. The van der Waals surface area contributed by atoms with Crippen LogP contribution in [0.2, 0.25) is 0 Å². The molecule has 2 radical (unpaired) electrons. The molecule has 1 aromatic carbocycles. The van der Waals surface area contributed by atoms with E-state index < -0.39 is 0 Å². The molecule has 72 valence electrons. The molecule has 0 amide bonds. The van der Waals surface area contributed by atoms with Crippen molar-refractivity contribution < 1.29 is 98.3 Å². The zero-order chi connectivity index (χ0) is 9.14. The van der Waals surface area contributed by atoms with Crippen LogP contribution in [0.3, 0.4) is 0 Å². The van der Waals surface area contributed by atoms with Gasteiger partial charge in [-0.25, -0.2) is 0 Å². The van der Waals surface area contributed by atoms with E-state index in [1.807, 2.05) is 26.0 Å². The molecule has 0 aliphatic heterocycles. The van der Waals surface area contributed by atoms with Gasteiger partial charge in [0, 0.05) is 88.1 Å². The van der Waals surface area contributed by atoms with Gasteiger partial charge in [0.1, 0.15) is 0 Å². The quantitative estimate of drug-likeness (QED) is 0.524. The van der Waals surface area contributed by atoms with Gasteiger partial charge in [-0.1, -0.05) is 12.1 Å². The minimum absolute atomic E-state index is 0. The van der Waals surface area contributed by atoms with Gasteiger partial charge >= 0.3 is 0 Å². The first-order valence-electron chi connectivity index (χ1n) is 3.99. The number of benzene rings is 1. The van der Waals surface area contributed by atoms with Crippen LogP contribution in [0.15, 0.2) is 12.1 Å². The van der Waals surface area contributed by atoms with Crippen molar-refractivity contribution in [1.82, 2.24) is 0 Å². The molecule has 2 nitrogen and oxygen atoms in total. The second-order valence-electron chi connectivity index (χ2n) is 3.02. The van der Waals surface area contributed by atoms with Crippen molar-refractivity contribution in [3.05, 3.63) is 34.4 Å². The molecule has 14 heavy (non-hydrogen) atoms. The molecule has 0 heterocycles. The Hall–Kier alpha value is 2.02. The van der Waals surface area contributed by atoms with Crippen LogP contribution in [0.4, 0.5) is 0 Å². The van der Waals surface area contributed by atoms with Crippen LogP contribution in [0.5, 0.6) is 0 Å². The van der Waals surface area contributed by atoms with Crippen LogP contribution in [0.25, 0.3) is 0 Å². The largest absolute Gasteiger partial charge is 0.392 e. The zero-order valence-electron chi connectivity index (χ0n) is 8.62. The fraction of sp³-hybridized carbons (Fsp3) is 0.400. The topological polar surface area (TPSA) is 40.5 Å². The SMILES string of the molecule is Cc1cc(CO)c(CO)cc1C.[Ac].[Ac]. The third kappa shape index (κ3) is 4.90. The summed E-state index contributed by atoms with van der Waals surface area (Å²) in [7, 11) is 0. The minimum Gasteiger partial charge on any atom is -0.392 e. The first kappa shape index (κ1) is 18.4. The molecule has 0 spiro atoms. The third-order valence-corrected chi connectivity index (χ3v) is 2.16. The van der Waals surface area contributed by atoms with Crippen LogP contribution in [0, 0.1) is 102 Å². The van der Waals surface area contributed by atoms with Gasteiger partial charge in [-0.2, -0.15) is 0 Å². The van der Waals surface area contributed by atoms with Gasteiger partial charge in [-0.15, -0.1) is 0 Å². The normalized spacial score (nSPS) is 8.86. The fourth-order valence-electron chi connectivity index (χ4n) is 1.23. The molecule has 0 bridgehead atoms. The molecule has 0 unspecified atom stereocenters. The predicted molar refractivity (Wildman–Crippen MR) is 47.8 cm³/mol. The zero-order valence-corrected chi connectivity index (χ0v) is 18.1. The average molecular weight is 620 g/mol. The molecule has 4 heteroatoms. The summed E-state index contributed by atoms with van der Waals surface area (Å²) in [5.74, 6) is 0. The van der Waals surface area contributed by atoms with Crippen molar-refractivity contribution >= 4 is 0 Å². The van der Waals surface area contributed by atoms with Crippen LogP contribution in [-0.4, -0.2) is 10.2 Å². The molecule has 0 saturated heterocycles. The summed E-state index contributed by atoms with van der Waals surface area (Å²) in [6, 6.07) is 3.84. The number of aliphatic hydroxyl groups excluding tert-OH is 2. The molecule has 0 aromatic heterocycles. The van der Waals surface area contributed by atoms with Crippen LogP contribution in [0.1, 0.15) is 22.3 Å². The Bertz CT molecular complexity index is 259.